The first-order valence-corrected chi connectivity index (χ1v) is 8.14. The second-order valence-electron chi connectivity index (χ2n) is 4.43. The molecule has 0 spiro atoms. The maximum Gasteiger partial charge on any atom is 0.250 e. The first-order chi connectivity index (χ1) is 8.45. The molecule has 1 atom stereocenters. The largest absolute Gasteiger partial charge is 0.386 e. The van der Waals surface area contributed by atoms with Crippen molar-refractivity contribution in [3.05, 3.63) is 17.0 Å². The van der Waals surface area contributed by atoms with Crippen LogP contribution in [0.5, 0.6) is 0 Å². The molecule has 1 unspecified atom stereocenters. The molecule has 0 aliphatic carbocycles. The highest BCUT2D eigenvalue weighted by Crippen LogP contribution is 2.23. The number of rotatable bonds is 5. The Bertz CT molecular complexity index is 503. The van der Waals surface area contributed by atoms with Gasteiger partial charge in [0.15, 0.2) is 0 Å². The zero-order chi connectivity index (χ0) is 13.2. The lowest BCUT2D eigenvalue weighted by Crippen LogP contribution is -2.43. The van der Waals surface area contributed by atoms with Crippen molar-refractivity contribution in [1.82, 2.24) is 4.72 Å². The summed E-state index contributed by atoms with van der Waals surface area (Å²) in [7, 11) is -3.52. The van der Waals surface area contributed by atoms with Crippen LogP contribution in [-0.4, -0.2) is 38.9 Å². The molecule has 2 N–H and O–H groups in total. The summed E-state index contributed by atoms with van der Waals surface area (Å²) in [4.78, 5) is 1.03. The van der Waals surface area contributed by atoms with Crippen LogP contribution in [-0.2, 0) is 21.2 Å². The molecule has 7 heteroatoms. The Hall–Kier alpha value is -0.470. The lowest BCUT2D eigenvalue weighted by Gasteiger charge is -2.20. The summed E-state index contributed by atoms with van der Waals surface area (Å²) in [6.07, 6.45) is 1.28. The predicted molar refractivity (Wildman–Crippen MR) is 69.3 cm³/mol. The van der Waals surface area contributed by atoms with E-state index < -0.39 is 15.6 Å². The summed E-state index contributed by atoms with van der Waals surface area (Å²) < 4.78 is 31.8. The van der Waals surface area contributed by atoms with Crippen LogP contribution in [0.1, 0.15) is 18.2 Å². The summed E-state index contributed by atoms with van der Waals surface area (Å²) in [5.74, 6) is 0. The molecule has 102 valence electrons. The fourth-order valence-electron chi connectivity index (χ4n) is 1.73. The maximum absolute atomic E-state index is 12.0. The summed E-state index contributed by atoms with van der Waals surface area (Å²) in [6.45, 7) is 2.63. The molecule has 2 rings (SSSR count). The maximum atomic E-state index is 12.0. The molecule has 1 fully saturated rings. The highest BCUT2D eigenvalue weighted by Gasteiger charge is 2.33. The van der Waals surface area contributed by atoms with Gasteiger partial charge < -0.3 is 9.84 Å². The molecular weight excluding hydrogens is 274 g/mol. The molecule has 2 heterocycles. The van der Waals surface area contributed by atoms with Crippen LogP contribution in [0.3, 0.4) is 0 Å². The van der Waals surface area contributed by atoms with Crippen molar-refractivity contribution in [2.75, 3.05) is 19.8 Å². The monoisotopic (exact) mass is 291 g/mol. The van der Waals surface area contributed by atoms with Crippen molar-refractivity contribution >= 4 is 21.4 Å². The first kappa shape index (κ1) is 14.0. The molecule has 5 nitrogen and oxygen atoms in total. The molecule has 1 aromatic heterocycles. The summed E-state index contributed by atoms with van der Waals surface area (Å²) >= 11 is 1.26. The van der Waals surface area contributed by atoms with E-state index in [4.69, 9.17) is 4.74 Å². The summed E-state index contributed by atoms with van der Waals surface area (Å²) in [6, 6.07) is 3.41. The van der Waals surface area contributed by atoms with E-state index in [1.54, 1.807) is 6.07 Å². The molecule has 1 aliphatic rings. The van der Waals surface area contributed by atoms with Gasteiger partial charge in [0.25, 0.3) is 0 Å². The fraction of sp³-hybridized carbons (Fsp3) is 0.636. The number of hydrogen-bond acceptors (Lipinski definition) is 5. The van der Waals surface area contributed by atoms with Crippen LogP contribution >= 0.6 is 11.3 Å². The topological polar surface area (TPSA) is 75.6 Å². The molecule has 18 heavy (non-hydrogen) atoms. The molecular formula is C11H17NO4S2. The van der Waals surface area contributed by atoms with E-state index in [2.05, 4.69) is 4.72 Å². The Balaban J connectivity index is 2.03. The number of ether oxygens (including phenoxy) is 1. The number of nitrogens with one attached hydrogen (secondary N) is 1. The van der Waals surface area contributed by atoms with E-state index in [0.29, 0.717) is 17.2 Å². The number of aryl methyl sites for hydroxylation is 1. The molecule has 0 bridgehead atoms. The number of sulfonamides is 1. The normalized spacial score (nSPS) is 24.6. The molecule has 0 saturated carbocycles. The van der Waals surface area contributed by atoms with Gasteiger partial charge in [-0.25, -0.2) is 13.1 Å². The first-order valence-electron chi connectivity index (χ1n) is 5.84. The lowest BCUT2D eigenvalue weighted by molar-refractivity contribution is 0.0315. The molecule has 1 aliphatic heterocycles. The van der Waals surface area contributed by atoms with Crippen LogP contribution in [0, 0.1) is 0 Å². The third-order valence-corrected chi connectivity index (χ3v) is 6.05. The Morgan fingerprint density at radius 2 is 2.33 bits per heavy atom. The molecule has 0 amide bonds. The highest BCUT2D eigenvalue weighted by atomic mass is 32.2. The van der Waals surface area contributed by atoms with Gasteiger partial charge in [-0.3, -0.25) is 0 Å². The predicted octanol–water partition coefficient (Wildman–Crippen LogP) is 0.740. The van der Waals surface area contributed by atoms with Gasteiger partial charge in [0.1, 0.15) is 9.81 Å². The standard InChI is InChI=1S/C11H17NO4S2/c1-2-9-3-4-10(17-9)18(14,15)12-7-11(13)5-6-16-8-11/h3-4,12-13H,2,5-8H2,1H3. The van der Waals surface area contributed by atoms with E-state index in [0.717, 1.165) is 11.3 Å². The Labute approximate surface area is 111 Å². The average molecular weight is 291 g/mol. The minimum atomic E-state index is -3.52. The quantitative estimate of drug-likeness (QED) is 0.839. The SMILES string of the molecule is CCc1ccc(S(=O)(=O)NCC2(O)CCOC2)s1. The smallest absolute Gasteiger partial charge is 0.250 e. The minimum Gasteiger partial charge on any atom is -0.386 e. The number of thiophene rings is 1. The fourth-order valence-corrected chi connectivity index (χ4v) is 4.19. The van der Waals surface area contributed by atoms with E-state index in [1.807, 2.05) is 13.0 Å². The van der Waals surface area contributed by atoms with Crippen molar-refractivity contribution in [3.63, 3.8) is 0 Å². The van der Waals surface area contributed by atoms with Gasteiger partial charge in [0.05, 0.1) is 6.61 Å². The second-order valence-corrected chi connectivity index (χ2v) is 7.59. The molecule has 0 radical (unpaired) electrons. The van der Waals surface area contributed by atoms with E-state index in [-0.39, 0.29) is 13.2 Å². The van der Waals surface area contributed by atoms with Crippen LogP contribution in [0.2, 0.25) is 0 Å². The Morgan fingerprint density at radius 3 is 2.89 bits per heavy atom. The van der Waals surface area contributed by atoms with Crippen molar-refractivity contribution < 1.29 is 18.3 Å². The average Bonchev–Trinajstić information content (AvgIpc) is 2.96. The van der Waals surface area contributed by atoms with Crippen molar-refractivity contribution in [1.29, 1.82) is 0 Å². The van der Waals surface area contributed by atoms with Gasteiger partial charge in [-0.15, -0.1) is 11.3 Å². The second kappa shape index (κ2) is 5.26. The van der Waals surface area contributed by atoms with Gasteiger partial charge in [-0.1, -0.05) is 6.92 Å². The van der Waals surface area contributed by atoms with E-state index in [1.165, 1.54) is 11.3 Å². The molecule has 1 saturated heterocycles. The van der Waals surface area contributed by atoms with Gasteiger partial charge in [0.2, 0.25) is 10.0 Å². The summed E-state index contributed by atoms with van der Waals surface area (Å²) in [5.41, 5.74) is -1.07. The molecule has 1 aromatic rings. The Kier molecular flexibility index (Phi) is 4.08. The van der Waals surface area contributed by atoms with E-state index in [9.17, 15) is 13.5 Å². The van der Waals surface area contributed by atoms with Gasteiger partial charge in [0, 0.05) is 24.4 Å². The van der Waals surface area contributed by atoms with Crippen molar-refractivity contribution in [3.8, 4) is 0 Å². The minimum absolute atomic E-state index is 0.00527. The third kappa shape index (κ3) is 3.10. The van der Waals surface area contributed by atoms with Crippen LogP contribution in [0.4, 0.5) is 0 Å². The van der Waals surface area contributed by atoms with Crippen LogP contribution in [0.15, 0.2) is 16.3 Å². The number of hydrogen-bond donors (Lipinski definition) is 2. The number of aliphatic hydroxyl groups is 1. The zero-order valence-corrected chi connectivity index (χ0v) is 11.8. The van der Waals surface area contributed by atoms with Crippen LogP contribution < -0.4 is 4.72 Å². The van der Waals surface area contributed by atoms with E-state index >= 15 is 0 Å². The van der Waals surface area contributed by atoms with Gasteiger partial charge in [-0.2, -0.15) is 0 Å². The van der Waals surface area contributed by atoms with Crippen molar-refractivity contribution in [2.45, 2.75) is 29.6 Å². The third-order valence-electron chi connectivity index (χ3n) is 2.92. The lowest BCUT2D eigenvalue weighted by atomic mass is 10.1. The van der Waals surface area contributed by atoms with Gasteiger partial charge in [-0.05, 0) is 18.6 Å². The van der Waals surface area contributed by atoms with Gasteiger partial charge >= 0.3 is 0 Å². The summed E-state index contributed by atoms with van der Waals surface area (Å²) in [5, 5.41) is 10.0. The zero-order valence-electron chi connectivity index (χ0n) is 10.2. The highest BCUT2D eigenvalue weighted by molar-refractivity contribution is 7.91. The Morgan fingerprint density at radius 1 is 1.56 bits per heavy atom. The van der Waals surface area contributed by atoms with Crippen LogP contribution in [0.25, 0.3) is 0 Å². The van der Waals surface area contributed by atoms with Crippen molar-refractivity contribution in [2.24, 2.45) is 0 Å². The molecule has 0 aromatic carbocycles.